The molecule has 0 aliphatic carbocycles. The van der Waals surface area contributed by atoms with Crippen LogP contribution in [0.2, 0.25) is 0 Å². The molecule has 1 aromatic carbocycles. The molecule has 2 atom stereocenters. The number of ether oxygens (including phenoxy) is 2. The van der Waals surface area contributed by atoms with E-state index in [1.165, 1.54) is 22.6 Å². The number of piperidine rings is 1. The molecule has 4 heterocycles. The van der Waals surface area contributed by atoms with Crippen LogP contribution in [0.25, 0.3) is 6.08 Å². The maximum atomic E-state index is 13.3. The Morgan fingerprint density at radius 2 is 1.86 bits per heavy atom. The summed E-state index contributed by atoms with van der Waals surface area (Å²) in [5.74, 6) is 0.636. The molecule has 0 spiro atoms. The van der Waals surface area contributed by atoms with Gasteiger partial charge in [0.25, 0.3) is 0 Å². The van der Waals surface area contributed by atoms with E-state index >= 15 is 0 Å². The average molecular weight is 495 g/mol. The number of likely N-dealkylation sites (tertiary alicyclic amines) is 1. The minimum Gasteiger partial charge on any atom is -0.493 e. The van der Waals surface area contributed by atoms with Crippen molar-refractivity contribution in [2.75, 3.05) is 33.9 Å². The van der Waals surface area contributed by atoms with Gasteiger partial charge in [0, 0.05) is 43.5 Å². The highest BCUT2D eigenvalue weighted by atomic mass is 16.6. The highest BCUT2D eigenvalue weighted by Crippen LogP contribution is 2.36. The molecule has 0 saturated carbocycles. The summed E-state index contributed by atoms with van der Waals surface area (Å²) >= 11 is 0. The van der Waals surface area contributed by atoms with Crippen LogP contribution in [0, 0.1) is 16.0 Å². The summed E-state index contributed by atoms with van der Waals surface area (Å²) in [5, 5.41) is 11.2. The molecule has 2 amide bonds. The predicted octanol–water partition coefficient (Wildman–Crippen LogP) is 1.77. The quantitative estimate of drug-likeness (QED) is 0.458. The maximum absolute atomic E-state index is 13.3. The van der Waals surface area contributed by atoms with Crippen LogP contribution in [-0.4, -0.2) is 65.0 Å². The monoisotopic (exact) mass is 494 g/mol. The molecule has 3 aliphatic rings. The van der Waals surface area contributed by atoms with Crippen LogP contribution in [0.3, 0.4) is 0 Å². The Morgan fingerprint density at radius 3 is 2.58 bits per heavy atom. The van der Waals surface area contributed by atoms with Gasteiger partial charge in [0.05, 0.1) is 25.6 Å². The van der Waals surface area contributed by atoms with E-state index in [-0.39, 0.29) is 36.6 Å². The number of fused-ring (bicyclic) bond motifs is 5. The minimum absolute atomic E-state index is 0.0134. The zero-order valence-electron chi connectivity index (χ0n) is 20.0. The lowest BCUT2D eigenvalue weighted by molar-refractivity contribution is -0.386. The first-order valence-corrected chi connectivity index (χ1v) is 11.7. The van der Waals surface area contributed by atoms with Crippen LogP contribution in [-0.2, 0) is 22.6 Å². The van der Waals surface area contributed by atoms with Crippen molar-refractivity contribution < 1.29 is 24.0 Å². The summed E-state index contributed by atoms with van der Waals surface area (Å²) in [4.78, 5) is 52.5. The number of hydrogen-bond acceptors (Lipinski definition) is 7. The van der Waals surface area contributed by atoms with Crippen LogP contribution < -0.4 is 15.0 Å². The van der Waals surface area contributed by atoms with Crippen LogP contribution >= 0.6 is 0 Å². The molecule has 0 radical (unpaired) electrons. The number of hydrogen-bond donors (Lipinski definition) is 0. The second kappa shape index (κ2) is 9.14. The number of methoxy groups -OCH3 is 2. The van der Waals surface area contributed by atoms with Crippen LogP contribution in [0.5, 0.6) is 11.5 Å². The van der Waals surface area contributed by atoms with Gasteiger partial charge in [-0.2, -0.15) is 0 Å². The molecule has 0 N–H and O–H groups in total. The number of carbonyl (C=O) groups excluding carboxylic acids is 2. The van der Waals surface area contributed by atoms with Crippen molar-refractivity contribution in [3.63, 3.8) is 0 Å². The second-order valence-electron chi connectivity index (χ2n) is 9.33. The van der Waals surface area contributed by atoms with Gasteiger partial charge in [0.1, 0.15) is 6.54 Å². The third kappa shape index (κ3) is 4.10. The van der Waals surface area contributed by atoms with Gasteiger partial charge in [-0.05, 0) is 47.7 Å². The second-order valence-corrected chi connectivity index (χ2v) is 9.33. The molecule has 11 nitrogen and oxygen atoms in total. The molecule has 1 fully saturated rings. The summed E-state index contributed by atoms with van der Waals surface area (Å²) in [6.45, 7) is 1.07. The molecule has 36 heavy (non-hydrogen) atoms. The minimum atomic E-state index is -0.661. The normalized spacial score (nSPS) is 20.3. The Hall–Kier alpha value is -4.15. The van der Waals surface area contributed by atoms with Crippen LogP contribution in [0.15, 0.2) is 35.3 Å². The summed E-state index contributed by atoms with van der Waals surface area (Å²) in [5.41, 5.74) is 1.28. The third-order valence-corrected chi connectivity index (χ3v) is 7.18. The molecular weight excluding hydrogens is 468 g/mol. The van der Waals surface area contributed by atoms with E-state index in [0.717, 1.165) is 17.5 Å². The van der Waals surface area contributed by atoms with Crippen LogP contribution in [0.1, 0.15) is 29.2 Å². The van der Waals surface area contributed by atoms with E-state index in [2.05, 4.69) is 0 Å². The lowest BCUT2D eigenvalue weighted by Gasteiger charge is -2.43. The molecule has 2 aromatic rings. The van der Waals surface area contributed by atoms with E-state index in [0.29, 0.717) is 36.8 Å². The van der Waals surface area contributed by atoms with Crippen molar-refractivity contribution in [2.24, 2.45) is 5.92 Å². The predicted molar refractivity (Wildman–Crippen MR) is 129 cm³/mol. The Balaban J connectivity index is 1.32. The van der Waals surface area contributed by atoms with Gasteiger partial charge in [0.2, 0.25) is 11.8 Å². The van der Waals surface area contributed by atoms with Gasteiger partial charge >= 0.3 is 11.2 Å². The Labute approximate surface area is 206 Å². The number of aromatic nitrogens is 1. The zero-order chi connectivity index (χ0) is 25.6. The summed E-state index contributed by atoms with van der Waals surface area (Å²) in [6, 6.07) is 6.45. The smallest absolute Gasteiger partial charge is 0.334 e. The molecule has 3 aliphatic heterocycles. The number of pyridine rings is 1. The first-order valence-electron chi connectivity index (χ1n) is 11.7. The number of amides is 2. The number of nitrogens with zero attached hydrogens (tertiary/aromatic N) is 4. The van der Waals surface area contributed by atoms with Crippen molar-refractivity contribution in [2.45, 2.75) is 25.3 Å². The molecular formula is C25H26N4O7. The topological polar surface area (TPSA) is 124 Å². The lowest BCUT2D eigenvalue weighted by Crippen LogP contribution is -2.51. The number of nitro groups is 1. The lowest BCUT2D eigenvalue weighted by atomic mass is 9.83. The van der Waals surface area contributed by atoms with Crippen molar-refractivity contribution in [3.8, 4) is 11.5 Å². The Morgan fingerprint density at radius 1 is 1.11 bits per heavy atom. The molecule has 1 aromatic heterocycles. The van der Waals surface area contributed by atoms with E-state index in [9.17, 15) is 24.5 Å². The molecule has 11 heteroatoms. The van der Waals surface area contributed by atoms with Gasteiger partial charge < -0.3 is 23.8 Å². The SMILES string of the molecule is COc1cc2c(cc1OC)CC(=O)N(CC(=O)N1C[C@H]3C[C@@H](C1)c1ccc([N+](=O)[O-])c(=O)n1C3)C=C2. The molecule has 188 valence electrons. The Bertz CT molecular complexity index is 1350. The largest absolute Gasteiger partial charge is 0.493 e. The maximum Gasteiger partial charge on any atom is 0.334 e. The average Bonchev–Trinajstić information content (AvgIpc) is 3.01. The summed E-state index contributed by atoms with van der Waals surface area (Å²) in [6.07, 6.45) is 4.34. The zero-order valence-corrected chi connectivity index (χ0v) is 20.0. The van der Waals surface area contributed by atoms with Crippen molar-refractivity contribution >= 4 is 23.6 Å². The summed E-state index contributed by atoms with van der Waals surface area (Å²) < 4.78 is 12.2. The third-order valence-electron chi connectivity index (χ3n) is 7.18. The van der Waals surface area contributed by atoms with E-state index in [1.807, 2.05) is 0 Å². The highest BCUT2D eigenvalue weighted by Gasteiger charge is 2.38. The molecule has 2 bridgehead atoms. The number of rotatable bonds is 5. The van der Waals surface area contributed by atoms with Gasteiger partial charge in [-0.15, -0.1) is 0 Å². The van der Waals surface area contributed by atoms with E-state index in [4.69, 9.17) is 9.47 Å². The van der Waals surface area contributed by atoms with E-state index in [1.54, 1.807) is 42.5 Å². The van der Waals surface area contributed by atoms with Gasteiger partial charge in [-0.1, -0.05) is 0 Å². The van der Waals surface area contributed by atoms with E-state index < -0.39 is 16.2 Å². The Kier molecular flexibility index (Phi) is 5.99. The fourth-order valence-electron chi connectivity index (χ4n) is 5.43. The van der Waals surface area contributed by atoms with Crippen LogP contribution in [0.4, 0.5) is 5.69 Å². The fourth-order valence-corrected chi connectivity index (χ4v) is 5.43. The first-order chi connectivity index (χ1) is 17.3. The van der Waals surface area contributed by atoms with Crippen molar-refractivity contribution in [3.05, 3.63) is 67.8 Å². The standard InChI is InChI=1S/C25H26N4O7/c1-35-21-8-16-5-6-26(23(30)10-17(16)9-22(21)36-2)14-24(31)27-11-15-7-18(13-27)19-3-4-20(29(33)34)25(32)28(19)12-15/h3-6,8-9,15,18H,7,10-14H2,1-2H3/t15-,18+/m1/s1. The van der Waals surface area contributed by atoms with Gasteiger partial charge in [-0.25, -0.2) is 0 Å². The highest BCUT2D eigenvalue weighted by molar-refractivity contribution is 5.89. The first kappa shape index (κ1) is 23.6. The molecule has 1 saturated heterocycles. The molecule has 0 unspecified atom stereocenters. The van der Waals surface area contributed by atoms with Gasteiger partial charge in [0.15, 0.2) is 11.5 Å². The van der Waals surface area contributed by atoms with Crippen molar-refractivity contribution in [1.82, 2.24) is 14.4 Å². The molecule has 5 rings (SSSR count). The van der Waals surface area contributed by atoms with Crippen molar-refractivity contribution in [1.29, 1.82) is 0 Å². The summed E-state index contributed by atoms with van der Waals surface area (Å²) in [7, 11) is 3.08. The van der Waals surface area contributed by atoms with Gasteiger partial charge in [-0.3, -0.25) is 24.5 Å². The number of carbonyl (C=O) groups is 2. The number of benzene rings is 1. The fraction of sp³-hybridized carbons (Fsp3) is 0.400.